The molecule has 1 unspecified atom stereocenters. The van der Waals surface area contributed by atoms with Crippen LogP contribution in [-0.4, -0.2) is 71.2 Å². The first kappa shape index (κ1) is 30.0. The Morgan fingerprint density at radius 2 is 1.90 bits per heavy atom. The number of hydrogen-bond donors (Lipinski definition) is 4. The van der Waals surface area contributed by atoms with Crippen molar-refractivity contribution >= 4 is 52.2 Å². The van der Waals surface area contributed by atoms with E-state index in [0.717, 1.165) is 31.3 Å². The molecule has 3 aromatic rings. The van der Waals surface area contributed by atoms with Crippen molar-refractivity contribution in [2.24, 2.45) is 0 Å². The van der Waals surface area contributed by atoms with E-state index >= 15 is 0 Å². The number of carbonyl (C=O) groups is 1. The van der Waals surface area contributed by atoms with Gasteiger partial charge in [0.2, 0.25) is 17.8 Å². The SMILES string of the molecule is C=CC(=O)Nc1cc(Nc2ncnc(Nc3cc(Cl)c(F)cc3C(C)(C)O)n2)c(OC)cc1N1CCC1CN(C)C. The van der Waals surface area contributed by atoms with Crippen LogP contribution in [0.1, 0.15) is 25.8 Å². The zero-order valence-corrected chi connectivity index (χ0v) is 24.4. The molecule has 4 rings (SSSR count). The molecule has 0 aliphatic carbocycles. The second kappa shape index (κ2) is 12.2. The Bertz CT molecular complexity index is 1450. The maximum atomic E-state index is 14.2. The van der Waals surface area contributed by atoms with Gasteiger partial charge in [-0.05, 0) is 58.6 Å². The number of benzene rings is 2. The van der Waals surface area contributed by atoms with E-state index in [4.69, 9.17) is 16.3 Å². The number of ether oxygens (including phenoxy) is 1. The highest BCUT2D eigenvalue weighted by atomic mass is 35.5. The topological polar surface area (TPSA) is 128 Å². The summed E-state index contributed by atoms with van der Waals surface area (Å²) in [7, 11) is 5.60. The van der Waals surface area contributed by atoms with Crippen LogP contribution in [0.4, 0.5) is 39.0 Å². The van der Waals surface area contributed by atoms with Crippen molar-refractivity contribution in [2.45, 2.75) is 31.9 Å². The molecular formula is C28H34ClFN8O3. The third-order valence-electron chi connectivity index (χ3n) is 6.57. The number of aromatic nitrogens is 3. The first-order valence-corrected chi connectivity index (χ1v) is 13.3. The molecule has 11 nitrogen and oxygen atoms in total. The van der Waals surface area contributed by atoms with Crippen molar-refractivity contribution < 1.29 is 19.0 Å². The molecule has 0 spiro atoms. The minimum absolute atomic E-state index is 0.123. The molecule has 2 heterocycles. The van der Waals surface area contributed by atoms with E-state index < -0.39 is 11.4 Å². The number of halogens is 2. The molecule has 4 N–H and O–H groups in total. The molecule has 13 heteroatoms. The molecule has 1 aliphatic rings. The smallest absolute Gasteiger partial charge is 0.247 e. The predicted octanol–water partition coefficient (Wildman–Crippen LogP) is 4.65. The second-order valence-electron chi connectivity index (χ2n) is 10.4. The zero-order valence-electron chi connectivity index (χ0n) is 23.6. The lowest BCUT2D eigenvalue weighted by atomic mass is 9.96. The Balaban J connectivity index is 1.66. The van der Waals surface area contributed by atoms with Gasteiger partial charge in [0.15, 0.2) is 0 Å². The fourth-order valence-corrected chi connectivity index (χ4v) is 4.70. The van der Waals surface area contributed by atoms with Gasteiger partial charge in [-0.2, -0.15) is 4.98 Å². The molecule has 0 saturated carbocycles. The fraction of sp³-hybridized carbons (Fsp3) is 0.357. The van der Waals surface area contributed by atoms with Gasteiger partial charge >= 0.3 is 0 Å². The number of nitrogens with one attached hydrogen (secondary N) is 3. The third kappa shape index (κ3) is 7.02. The summed E-state index contributed by atoms with van der Waals surface area (Å²) in [6.07, 6.45) is 3.53. The summed E-state index contributed by atoms with van der Waals surface area (Å²) in [6.45, 7) is 8.34. The van der Waals surface area contributed by atoms with E-state index in [1.807, 2.05) is 20.2 Å². The highest BCUT2D eigenvalue weighted by Gasteiger charge is 2.31. The normalized spacial score (nSPS) is 14.9. The van der Waals surface area contributed by atoms with Crippen LogP contribution in [0.25, 0.3) is 0 Å². The molecule has 1 aromatic heterocycles. The van der Waals surface area contributed by atoms with Gasteiger partial charge in [-0.25, -0.2) is 14.4 Å². The minimum Gasteiger partial charge on any atom is -0.494 e. The van der Waals surface area contributed by atoms with Gasteiger partial charge in [0, 0.05) is 36.4 Å². The van der Waals surface area contributed by atoms with Gasteiger partial charge < -0.3 is 35.6 Å². The van der Waals surface area contributed by atoms with E-state index in [1.165, 1.54) is 32.3 Å². The summed E-state index contributed by atoms with van der Waals surface area (Å²) in [5, 5.41) is 19.4. The maximum absolute atomic E-state index is 14.2. The van der Waals surface area contributed by atoms with Crippen LogP contribution in [0.5, 0.6) is 5.75 Å². The Hall–Kier alpha value is -4.00. The van der Waals surface area contributed by atoms with Crippen LogP contribution in [0.3, 0.4) is 0 Å². The summed E-state index contributed by atoms with van der Waals surface area (Å²) >= 11 is 6.00. The van der Waals surface area contributed by atoms with E-state index in [1.54, 1.807) is 13.2 Å². The van der Waals surface area contributed by atoms with Crippen molar-refractivity contribution in [3.63, 3.8) is 0 Å². The van der Waals surface area contributed by atoms with Crippen molar-refractivity contribution in [1.29, 1.82) is 0 Å². The number of amides is 1. The molecule has 41 heavy (non-hydrogen) atoms. The van der Waals surface area contributed by atoms with Gasteiger partial charge in [0.05, 0.1) is 34.8 Å². The first-order valence-electron chi connectivity index (χ1n) is 12.9. The van der Waals surface area contributed by atoms with Crippen LogP contribution < -0.4 is 25.6 Å². The minimum atomic E-state index is -1.37. The van der Waals surface area contributed by atoms with E-state index in [0.29, 0.717) is 28.9 Å². The van der Waals surface area contributed by atoms with Gasteiger partial charge in [-0.1, -0.05) is 18.2 Å². The quantitative estimate of drug-likeness (QED) is 0.236. The average Bonchev–Trinajstić information content (AvgIpc) is 2.89. The number of likely N-dealkylation sites (N-methyl/N-ethyl adjacent to an activating group) is 1. The summed E-state index contributed by atoms with van der Waals surface area (Å²) in [6, 6.07) is 6.43. The molecule has 0 radical (unpaired) electrons. The molecule has 2 aromatic carbocycles. The number of aliphatic hydroxyl groups is 1. The van der Waals surface area contributed by atoms with Crippen LogP contribution in [0, 0.1) is 5.82 Å². The van der Waals surface area contributed by atoms with E-state index in [2.05, 4.69) is 47.3 Å². The van der Waals surface area contributed by atoms with Gasteiger partial charge in [-0.3, -0.25) is 4.79 Å². The molecule has 1 saturated heterocycles. The first-order chi connectivity index (χ1) is 19.4. The Kier molecular flexibility index (Phi) is 8.95. The second-order valence-corrected chi connectivity index (χ2v) is 10.8. The monoisotopic (exact) mass is 584 g/mol. The summed E-state index contributed by atoms with van der Waals surface area (Å²) in [4.78, 5) is 29.4. The number of anilines is 6. The molecule has 1 atom stereocenters. The van der Waals surface area contributed by atoms with E-state index in [9.17, 15) is 14.3 Å². The number of nitrogens with zero attached hydrogens (tertiary/aromatic N) is 5. The fourth-order valence-electron chi connectivity index (χ4n) is 4.54. The lowest BCUT2D eigenvalue weighted by Gasteiger charge is -2.45. The standard InChI is InChI=1S/C28H34ClFN8O3/c1-7-25(39)33-21-12-22(24(41-6)13-23(21)38-9-8-16(38)14-37(4)5)35-27-32-15-31-26(36-27)34-20-11-18(29)19(30)10-17(20)28(2,3)40/h7,10-13,15-16,40H,1,8-9,14H2,2-6H3,(H,33,39)(H2,31,32,34,35,36). The number of methoxy groups -OCH3 is 1. The lowest BCUT2D eigenvalue weighted by molar-refractivity contribution is -0.111. The number of hydrogen-bond acceptors (Lipinski definition) is 10. The molecule has 218 valence electrons. The summed E-state index contributed by atoms with van der Waals surface area (Å²) in [5.41, 5.74) is 1.13. The number of rotatable bonds is 11. The average molecular weight is 585 g/mol. The van der Waals surface area contributed by atoms with Crippen LogP contribution >= 0.6 is 11.6 Å². The van der Waals surface area contributed by atoms with Gasteiger partial charge in [-0.15, -0.1) is 0 Å². The molecule has 1 aliphatic heterocycles. The Morgan fingerprint density at radius 3 is 2.46 bits per heavy atom. The van der Waals surface area contributed by atoms with Crippen molar-refractivity contribution in [2.75, 3.05) is 55.1 Å². The number of carbonyl (C=O) groups excluding carboxylic acids is 1. The van der Waals surface area contributed by atoms with Crippen LogP contribution in [0.2, 0.25) is 5.02 Å². The predicted molar refractivity (Wildman–Crippen MR) is 159 cm³/mol. The summed E-state index contributed by atoms with van der Waals surface area (Å²) in [5.74, 6) is -0.204. The summed E-state index contributed by atoms with van der Waals surface area (Å²) < 4.78 is 19.8. The Morgan fingerprint density at radius 1 is 1.22 bits per heavy atom. The lowest BCUT2D eigenvalue weighted by Crippen LogP contribution is -2.53. The highest BCUT2D eigenvalue weighted by Crippen LogP contribution is 2.41. The van der Waals surface area contributed by atoms with Crippen LogP contribution in [-0.2, 0) is 10.4 Å². The van der Waals surface area contributed by atoms with Gasteiger partial charge in [0.1, 0.15) is 17.9 Å². The molecular weight excluding hydrogens is 551 g/mol. The van der Waals surface area contributed by atoms with Crippen molar-refractivity contribution in [1.82, 2.24) is 19.9 Å². The van der Waals surface area contributed by atoms with Crippen molar-refractivity contribution in [3.8, 4) is 5.75 Å². The Labute approximate surface area is 243 Å². The third-order valence-corrected chi connectivity index (χ3v) is 6.86. The largest absolute Gasteiger partial charge is 0.494 e. The molecule has 1 fully saturated rings. The zero-order chi connectivity index (χ0) is 29.9. The van der Waals surface area contributed by atoms with E-state index in [-0.39, 0.29) is 28.4 Å². The van der Waals surface area contributed by atoms with Crippen LogP contribution in [0.15, 0.2) is 43.2 Å². The maximum Gasteiger partial charge on any atom is 0.247 e. The molecule has 1 amide bonds. The van der Waals surface area contributed by atoms with Gasteiger partial charge in [0.25, 0.3) is 0 Å². The van der Waals surface area contributed by atoms with Crippen molar-refractivity contribution in [3.05, 3.63) is 59.7 Å². The highest BCUT2D eigenvalue weighted by molar-refractivity contribution is 6.31. The molecule has 0 bridgehead atoms.